The number of carbonyl (C=O) groups excluding carboxylic acids is 1. The van der Waals surface area contributed by atoms with Crippen LogP contribution in [0.25, 0.3) is 0 Å². The van der Waals surface area contributed by atoms with E-state index in [0.717, 1.165) is 11.8 Å². The summed E-state index contributed by atoms with van der Waals surface area (Å²) in [6, 6.07) is 5.69. The molecule has 1 aromatic carbocycles. The predicted octanol–water partition coefficient (Wildman–Crippen LogP) is 0.660. The van der Waals surface area contributed by atoms with Crippen LogP contribution in [0.3, 0.4) is 0 Å². The molecule has 6 nitrogen and oxygen atoms in total. The lowest BCUT2D eigenvalue weighted by atomic mass is 10.2. The average Bonchev–Trinajstić information content (AvgIpc) is 2.42. The van der Waals surface area contributed by atoms with E-state index in [1.54, 1.807) is 12.1 Å². The van der Waals surface area contributed by atoms with Crippen LogP contribution >= 0.6 is 0 Å². The summed E-state index contributed by atoms with van der Waals surface area (Å²) in [6.07, 6.45) is 1.79. The monoisotopic (exact) mass is 300 g/mol. The highest BCUT2D eigenvalue weighted by Gasteiger charge is 2.09. The molecule has 1 rings (SSSR count). The Morgan fingerprint density at radius 3 is 2.35 bits per heavy atom. The zero-order chi connectivity index (χ0) is 15.2. The zero-order valence-electron chi connectivity index (χ0n) is 11.6. The standard InChI is InChI=1S/C13H20N2O4S/c1-3-11(9-16)15-13(17)14-8-10-4-6-12(7-5-10)20(2,18)19/h4-7,11,16H,3,8-9H2,1-2H3,(H2,14,15,17)/t11-/m0/s1. The van der Waals surface area contributed by atoms with Crippen molar-refractivity contribution in [3.63, 3.8) is 0 Å². The molecule has 1 atom stereocenters. The maximum absolute atomic E-state index is 11.5. The largest absolute Gasteiger partial charge is 0.394 e. The van der Waals surface area contributed by atoms with Crippen LogP contribution in [0.4, 0.5) is 4.79 Å². The van der Waals surface area contributed by atoms with E-state index in [1.165, 1.54) is 12.1 Å². The number of carbonyl (C=O) groups is 1. The van der Waals surface area contributed by atoms with Crippen LogP contribution in [0.5, 0.6) is 0 Å². The summed E-state index contributed by atoms with van der Waals surface area (Å²) in [7, 11) is -3.20. The summed E-state index contributed by atoms with van der Waals surface area (Å²) in [5.41, 5.74) is 0.796. The minimum absolute atomic E-state index is 0.104. The normalized spacial score (nSPS) is 12.8. The minimum Gasteiger partial charge on any atom is -0.394 e. The number of hydrogen-bond acceptors (Lipinski definition) is 4. The van der Waals surface area contributed by atoms with E-state index in [1.807, 2.05) is 6.92 Å². The first-order valence-electron chi connectivity index (χ1n) is 6.31. The first-order chi connectivity index (χ1) is 9.36. The van der Waals surface area contributed by atoms with Crippen molar-refractivity contribution < 1.29 is 18.3 Å². The van der Waals surface area contributed by atoms with Crippen molar-refractivity contribution in [1.82, 2.24) is 10.6 Å². The fourth-order valence-electron chi connectivity index (χ4n) is 1.55. The summed E-state index contributed by atoms with van der Waals surface area (Å²) < 4.78 is 22.6. The lowest BCUT2D eigenvalue weighted by molar-refractivity contribution is 0.214. The van der Waals surface area contributed by atoms with E-state index in [-0.39, 0.29) is 30.1 Å². The van der Waals surface area contributed by atoms with E-state index in [4.69, 9.17) is 5.11 Å². The highest BCUT2D eigenvalue weighted by atomic mass is 32.2. The SMILES string of the molecule is CC[C@@H](CO)NC(=O)NCc1ccc(S(C)(=O)=O)cc1. The first kappa shape index (κ1) is 16.5. The maximum atomic E-state index is 11.5. The highest BCUT2D eigenvalue weighted by molar-refractivity contribution is 7.90. The van der Waals surface area contributed by atoms with Gasteiger partial charge in [0.05, 0.1) is 17.5 Å². The van der Waals surface area contributed by atoms with Crippen molar-refractivity contribution in [2.75, 3.05) is 12.9 Å². The Hall–Kier alpha value is -1.60. The van der Waals surface area contributed by atoms with Crippen molar-refractivity contribution >= 4 is 15.9 Å². The Morgan fingerprint density at radius 1 is 1.30 bits per heavy atom. The van der Waals surface area contributed by atoms with Crippen molar-refractivity contribution in [2.24, 2.45) is 0 Å². The Balaban J connectivity index is 2.52. The van der Waals surface area contributed by atoms with Gasteiger partial charge in [0.1, 0.15) is 0 Å². The van der Waals surface area contributed by atoms with Gasteiger partial charge in [-0.05, 0) is 24.1 Å². The Morgan fingerprint density at radius 2 is 1.90 bits per heavy atom. The van der Waals surface area contributed by atoms with Crippen LogP contribution in [0.1, 0.15) is 18.9 Å². The molecule has 0 radical (unpaired) electrons. The number of aliphatic hydroxyl groups excluding tert-OH is 1. The van der Waals surface area contributed by atoms with E-state index in [0.29, 0.717) is 6.42 Å². The third-order valence-corrected chi connectivity index (χ3v) is 3.98. The van der Waals surface area contributed by atoms with E-state index in [9.17, 15) is 13.2 Å². The Labute approximate surface area is 119 Å². The fraction of sp³-hybridized carbons (Fsp3) is 0.462. The van der Waals surface area contributed by atoms with Gasteiger partial charge in [0.15, 0.2) is 9.84 Å². The molecule has 0 spiro atoms. The molecule has 0 saturated carbocycles. The van der Waals surface area contributed by atoms with Crippen LogP contribution in [0, 0.1) is 0 Å². The number of benzene rings is 1. The van der Waals surface area contributed by atoms with Gasteiger partial charge in [-0.15, -0.1) is 0 Å². The maximum Gasteiger partial charge on any atom is 0.315 e. The van der Waals surface area contributed by atoms with Crippen molar-refractivity contribution in [1.29, 1.82) is 0 Å². The fourth-order valence-corrected chi connectivity index (χ4v) is 2.18. The van der Waals surface area contributed by atoms with Crippen molar-refractivity contribution in [2.45, 2.75) is 30.8 Å². The molecule has 0 heterocycles. The Kier molecular flexibility index (Phi) is 5.97. The van der Waals surface area contributed by atoms with E-state index in [2.05, 4.69) is 10.6 Å². The van der Waals surface area contributed by atoms with Crippen LogP contribution in [-0.2, 0) is 16.4 Å². The molecule has 1 aromatic rings. The number of hydrogen-bond donors (Lipinski definition) is 3. The smallest absolute Gasteiger partial charge is 0.315 e. The number of rotatable bonds is 6. The van der Waals surface area contributed by atoms with E-state index < -0.39 is 9.84 Å². The molecular weight excluding hydrogens is 280 g/mol. The lowest BCUT2D eigenvalue weighted by Crippen LogP contribution is -2.43. The third kappa shape index (κ3) is 5.18. The summed E-state index contributed by atoms with van der Waals surface area (Å²) in [6.45, 7) is 2.05. The van der Waals surface area contributed by atoms with Gasteiger partial charge in [0.25, 0.3) is 0 Å². The molecule has 0 fully saturated rings. The molecule has 3 N–H and O–H groups in total. The van der Waals surface area contributed by atoms with Gasteiger partial charge in [-0.3, -0.25) is 0 Å². The van der Waals surface area contributed by atoms with Gasteiger partial charge >= 0.3 is 6.03 Å². The summed E-state index contributed by atoms with van der Waals surface area (Å²) in [5, 5.41) is 14.2. The topological polar surface area (TPSA) is 95.5 Å². The molecule has 0 aromatic heterocycles. The molecular formula is C13H20N2O4S. The van der Waals surface area contributed by atoms with Crippen LogP contribution in [0.2, 0.25) is 0 Å². The van der Waals surface area contributed by atoms with E-state index >= 15 is 0 Å². The van der Waals surface area contributed by atoms with Gasteiger partial charge in [-0.25, -0.2) is 13.2 Å². The third-order valence-electron chi connectivity index (χ3n) is 2.85. The molecule has 112 valence electrons. The van der Waals surface area contributed by atoms with Gasteiger partial charge in [-0.2, -0.15) is 0 Å². The second kappa shape index (κ2) is 7.25. The molecule has 0 unspecified atom stereocenters. The zero-order valence-corrected chi connectivity index (χ0v) is 12.4. The lowest BCUT2D eigenvalue weighted by Gasteiger charge is -2.14. The summed E-state index contributed by atoms with van der Waals surface area (Å²) >= 11 is 0. The summed E-state index contributed by atoms with van der Waals surface area (Å²) in [5.74, 6) is 0. The van der Waals surface area contributed by atoms with Gasteiger partial charge in [-0.1, -0.05) is 19.1 Å². The number of amides is 2. The molecule has 0 bridgehead atoms. The predicted molar refractivity (Wildman–Crippen MR) is 76.1 cm³/mol. The molecule has 0 aliphatic carbocycles. The first-order valence-corrected chi connectivity index (χ1v) is 8.20. The number of nitrogens with one attached hydrogen (secondary N) is 2. The molecule has 7 heteroatoms. The second-order valence-corrected chi connectivity index (χ2v) is 6.55. The molecule has 0 aliphatic rings. The van der Waals surface area contributed by atoms with Crippen molar-refractivity contribution in [3.05, 3.63) is 29.8 Å². The average molecular weight is 300 g/mol. The minimum atomic E-state index is -3.20. The quantitative estimate of drug-likeness (QED) is 0.719. The van der Waals surface area contributed by atoms with Crippen LogP contribution < -0.4 is 10.6 Å². The van der Waals surface area contributed by atoms with Gasteiger partial charge < -0.3 is 15.7 Å². The van der Waals surface area contributed by atoms with Gasteiger partial charge in [0, 0.05) is 12.8 Å². The highest BCUT2D eigenvalue weighted by Crippen LogP contribution is 2.10. The van der Waals surface area contributed by atoms with Crippen LogP contribution in [-0.4, -0.2) is 38.5 Å². The molecule has 2 amide bonds. The van der Waals surface area contributed by atoms with Crippen molar-refractivity contribution in [3.8, 4) is 0 Å². The second-order valence-electron chi connectivity index (χ2n) is 4.53. The summed E-state index contributed by atoms with van der Waals surface area (Å²) in [4.78, 5) is 11.8. The Bertz CT molecular complexity index is 536. The molecule has 20 heavy (non-hydrogen) atoms. The molecule has 0 saturated heterocycles. The van der Waals surface area contributed by atoms with Crippen LogP contribution in [0.15, 0.2) is 29.2 Å². The number of aliphatic hydroxyl groups is 1. The number of sulfone groups is 1. The number of urea groups is 1. The molecule has 0 aliphatic heterocycles. The van der Waals surface area contributed by atoms with Gasteiger partial charge in [0.2, 0.25) is 0 Å².